The summed E-state index contributed by atoms with van der Waals surface area (Å²) in [6.45, 7) is 2.96. The predicted octanol–water partition coefficient (Wildman–Crippen LogP) is 3.95. The third kappa shape index (κ3) is 3.78. The summed E-state index contributed by atoms with van der Waals surface area (Å²) in [6.07, 6.45) is 2.80. The third-order valence-electron chi connectivity index (χ3n) is 3.05. The van der Waals surface area contributed by atoms with Crippen LogP contribution in [0.1, 0.15) is 30.0 Å². The van der Waals surface area contributed by atoms with Gasteiger partial charge in [-0.05, 0) is 40.5 Å². The second kappa shape index (κ2) is 6.50. The molecule has 0 fully saturated rings. The lowest BCUT2D eigenvalue weighted by Gasteiger charge is -2.18. The van der Waals surface area contributed by atoms with Crippen molar-refractivity contribution in [1.82, 2.24) is 4.98 Å². The molecule has 0 spiro atoms. The van der Waals surface area contributed by atoms with Crippen LogP contribution in [0.25, 0.3) is 0 Å². The number of aromatic nitrogens is 1. The Kier molecular flexibility index (Phi) is 4.96. The van der Waals surface area contributed by atoms with Gasteiger partial charge in [-0.2, -0.15) is 0 Å². The quantitative estimate of drug-likeness (QED) is 0.896. The summed E-state index contributed by atoms with van der Waals surface area (Å²) in [5.41, 5.74) is 8.03. The SMILES string of the molecule is CCC(N)c1ccc(N(C)Cc2cc(Br)cs2)cn1. The van der Waals surface area contributed by atoms with E-state index in [0.717, 1.165) is 28.8 Å². The number of nitrogens with zero attached hydrogens (tertiary/aromatic N) is 2. The number of thiophene rings is 1. The molecule has 0 saturated heterocycles. The highest BCUT2D eigenvalue weighted by Gasteiger charge is 2.07. The van der Waals surface area contributed by atoms with Gasteiger partial charge in [-0.15, -0.1) is 11.3 Å². The lowest BCUT2D eigenvalue weighted by Crippen LogP contribution is -2.16. The van der Waals surface area contributed by atoms with Crippen molar-refractivity contribution < 1.29 is 0 Å². The van der Waals surface area contributed by atoms with Crippen LogP contribution in [-0.2, 0) is 6.54 Å². The van der Waals surface area contributed by atoms with Gasteiger partial charge in [0, 0.05) is 27.8 Å². The molecule has 0 aromatic carbocycles. The topological polar surface area (TPSA) is 42.1 Å². The summed E-state index contributed by atoms with van der Waals surface area (Å²) < 4.78 is 1.14. The number of pyridine rings is 1. The Bertz CT molecular complexity index is 524. The molecule has 3 nitrogen and oxygen atoms in total. The molecule has 0 saturated carbocycles. The average molecular weight is 340 g/mol. The first kappa shape index (κ1) is 14.5. The minimum atomic E-state index is 0.0348. The van der Waals surface area contributed by atoms with Crippen molar-refractivity contribution in [3.05, 3.63) is 44.8 Å². The van der Waals surface area contributed by atoms with Gasteiger partial charge in [0.25, 0.3) is 0 Å². The zero-order valence-corrected chi connectivity index (χ0v) is 13.5. The van der Waals surface area contributed by atoms with E-state index >= 15 is 0 Å². The molecule has 0 radical (unpaired) electrons. The molecule has 2 rings (SSSR count). The first-order valence-electron chi connectivity index (χ1n) is 6.25. The standard InChI is InChI=1S/C14H18BrN3S/c1-3-13(16)14-5-4-11(7-17-14)18(2)8-12-6-10(15)9-19-12/h4-7,9,13H,3,8,16H2,1-2H3. The second-order valence-electron chi connectivity index (χ2n) is 4.54. The summed E-state index contributed by atoms with van der Waals surface area (Å²) >= 11 is 5.23. The third-order valence-corrected chi connectivity index (χ3v) is 4.73. The number of halogens is 1. The highest BCUT2D eigenvalue weighted by Crippen LogP contribution is 2.23. The van der Waals surface area contributed by atoms with Crippen LogP contribution >= 0.6 is 27.3 Å². The molecule has 2 N–H and O–H groups in total. The summed E-state index contributed by atoms with van der Waals surface area (Å²) in [5, 5.41) is 2.10. The van der Waals surface area contributed by atoms with E-state index in [1.807, 2.05) is 12.3 Å². The van der Waals surface area contributed by atoms with Crippen molar-refractivity contribution in [3.8, 4) is 0 Å². The summed E-state index contributed by atoms with van der Waals surface area (Å²) in [5.74, 6) is 0. The van der Waals surface area contributed by atoms with E-state index in [9.17, 15) is 0 Å². The lowest BCUT2D eigenvalue weighted by atomic mass is 10.1. The number of nitrogens with two attached hydrogens (primary N) is 1. The van der Waals surface area contributed by atoms with Crippen molar-refractivity contribution in [3.63, 3.8) is 0 Å². The Morgan fingerprint density at radius 2 is 2.26 bits per heavy atom. The van der Waals surface area contributed by atoms with Crippen LogP contribution in [-0.4, -0.2) is 12.0 Å². The molecule has 102 valence electrons. The molecular formula is C14H18BrN3S. The maximum Gasteiger partial charge on any atom is 0.0572 e. The van der Waals surface area contributed by atoms with E-state index in [1.54, 1.807) is 11.3 Å². The van der Waals surface area contributed by atoms with Crippen LogP contribution in [0, 0.1) is 0 Å². The van der Waals surface area contributed by atoms with Crippen LogP contribution in [0.15, 0.2) is 34.2 Å². The Labute approximate surface area is 126 Å². The first-order valence-corrected chi connectivity index (χ1v) is 7.93. The molecule has 1 atom stereocenters. The Morgan fingerprint density at radius 3 is 2.79 bits per heavy atom. The van der Waals surface area contributed by atoms with E-state index in [2.05, 4.69) is 57.3 Å². The van der Waals surface area contributed by atoms with Crippen LogP contribution < -0.4 is 10.6 Å². The van der Waals surface area contributed by atoms with Gasteiger partial charge in [-0.3, -0.25) is 4.98 Å². The van der Waals surface area contributed by atoms with Crippen LogP contribution in [0.4, 0.5) is 5.69 Å². The molecule has 0 aliphatic rings. The minimum absolute atomic E-state index is 0.0348. The molecule has 5 heteroatoms. The first-order chi connectivity index (χ1) is 9.10. The lowest BCUT2D eigenvalue weighted by molar-refractivity contribution is 0.675. The van der Waals surface area contributed by atoms with Gasteiger partial charge in [0.15, 0.2) is 0 Å². The van der Waals surface area contributed by atoms with Crippen molar-refractivity contribution >= 4 is 33.0 Å². The minimum Gasteiger partial charge on any atom is -0.368 e. The molecule has 1 unspecified atom stereocenters. The van der Waals surface area contributed by atoms with Crippen LogP contribution in [0.3, 0.4) is 0 Å². The Hall–Kier alpha value is -0.910. The van der Waals surface area contributed by atoms with Gasteiger partial charge >= 0.3 is 0 Å². The van der Waals surface area contributed by atoms with Gasteiger partial charge < -0.3 is 10.6 Å². The highest BCUT2D eigenvalue weighted by molar-refractivity contribution is 9.10. The van der Waals surface area contributed by atoms with Crippen molar-refractivity contribution in [2.45, 2.75) is 25.9 Å². The summed E-state index contributed by atoms with van der Waals surface area (Å²) in [7, 11) is 2.07. The monoisotopic (exact) mass is 339 g/mol. The molecule has 2 aromatic heterocycles. The fourth-order valence-electron chi connectivity index (χ4n) is 1.81. The van der Waals surface area contributed by atoms with E-state index in [0.29, 0.717) is 0 Å². The molecule has 0 bridgehead atoms. The van der Waals surface area contributed by atoms with Gasteiger partial charge in [0.1, 0.15) is 0 Å². The smallest absolute Gasteiger partial charge is 0.0572 e. The molecule has 0 aliphatic heterocycles. The number of anilines is 1. The molecule has 19 heavy (non-hydrogen) atoms. The fourth-order valence-corrected chi connectivity index (χ4v) is 3.32. The molecule has 2 heterocycles. The Morgan fingerprint density at radius 1 is 1.47 bits per heavy atom. The highest BCUT2D eigenvalue weighted by atomic mass is 79.9. The Balaban J connectivity index is 2.05. The fraction of sp³-hybridized carbons (Fsp3) is 0.357. The van der Waals surface area contributed by atoms with Crippen molar-refractivity contribution in [1.29, 1.82) is 0 Å². The van der Waals surface area contributed by atoms with Crippen molar-refractivity contribution in [2.75, 3.05) is 11.9 Å². The second-order valence-corrected chi connectivity index (χ2v) is 6.45. The zero-order valence-electron chi connectivity index (χ0n) is 11.1. The number of rotatable bonds is 5. The predicted molar refractivity (Wildman–Crippen MR) is 85.6 cm³/mol. The van der Waals surface area contributed by atoms with Gasteiger partial charge in [0.2, 0.25) is 0 Å². The van der Waals surface area contributed by atoms with Crippen LogP contribution in [0.5, 0.6) is 0 Å². The van der Waals surface area contributed by atoms with E-state index in [-0.39, 0.29) is 6.04 Å². The molecular weight excluding hydrogens is 322 g/mol. The van der Waals surface area contributed by atoms with Gasteiger partial charge in [-0.1, -0.05) is 6.92 Å². The van der Waals surface area contributed by atoms with E-state index in [4.69, 9.17) is 5.73 Å². The van der Waals surface area contributed by atoms with E-state index < -0.39 is 0 Å². The van der Waals surface area contributed by atoms with E-state index in [1.165, 1.54) is 4.88 Å². The van der Waals surface area contributed by atoms with Crippen molar-refractivity contribution in [2.24, 2.45) is 5.73 Å². The maximum absolute atomic E-state index is 5.97. The summed E-state index contributed by atoms with van der Waals surface area (Å²) in [4.78, 5) is 7.95. The normalized spacial score (nSPS) is 12.4. The van der Waals surface area contributed by atoms with Crippen LogP contribution in [0.2, 0.25) is 0 Å². The van der Waals surface area contributed by atoms with Gasteiger partial charge in [-0.25, -0.2) is 0 Å². The number of hydrogen-bond acceptors (Lipinski definition) is 4. The molecule has 0 aliphatic carbocycles. The number of hydrogen-bond donors (Lipinski definition) is 1. The zero-order chi connectivity index (χ0) is 13.8. The molecule has 2 aromatic rings. The average Bonchev–Trinajstić information content (AvgIpc) is 2.83. The van der Waals surface area contributed by atoms with Gasteiger partial charge in [0.05, 0.1) is 24.1 Å². The maximum atomic E-state index is 5.97. The molecule has 0 amide bonds. The largest absolute Gasteiger partial charge is 0.368 e. The summed E-state index contributed by atoms with van der Waals surface area (Å²) in [6, 6.07) is 6.29.